The van der Waals surface area contributed by atoms with E-state index in [9.17, 15) is 14.4 Å². The second kappa shape index (κ2) is 13.3. The summed E-state index contributed by atoms with van der Waals surface area (Å²) in [7, 11) is 0. The Morgan fingerprint density at radius 2 is 1.51 bits per heavy atom. The number of ether oxygens (including phenoxy) is 2. The van der Waals surface area contributed by atoms with Crippen LogP contribution in [0.4, 0.5) is 11.4 Å². The molecule has 0 bridgehead atoms. The number of amides is 2. The SMILES string of the molecule is Cc1cc(C)cc(Oc2ccc(NC(=O)CCCC(=O)OCC(=O)Nc3cc(Cl)c(Br)cc3C)cc2)c1. The van der Waals surface area contributed by atoms with Crippen LogP contribution in [-0.2, 0) is 19.1 Å². The van der Waals surface area contributed by atoms with E-state index < -0.39 is 18.5 Å². The lowest BCUT2D eigenvalue weighted by Crippen LogP contribution is -2.21. The molecule has 0 spiro atoms. The first-order valence-electron chi connectivity index (χ1n) is 11.7. The lowest BCUT2D eigenvalue weighted by atomic mass is 10.1. The molecule has 0 atom stereocenters. The average Bonchev–Trinajstić information content (AvgIpc) is 2.82. The van der Waals surface area contributed by atoms with Crippen molar-refractivity contribution in [1.29, 1.82) is 0 Å². The largest absolute Gasteiger partial charge is 0.457 e. The molecule has 37 heavy (non-hydrogen) atoms. The highest BCUT2D eigenvalue weighted by atomic mass is 79.9. The lowest BCUT2D eigenvalue weighted by Gasteiger charge is -2.11. The van der Waals surface area contributed by atoms with Crippen molar-refractivity contribution in [2.75, 3.05) is 17.2 Å². The molecule has 3 rings (SSSR count). The molecule has 9 heteroatoms. The van der Waals surface area contributed by atoms with Crippen LogP contribution in [0.1, 0.15) is 36.0 Å². The number of halogens is 2. The van der Waals surface area contributed by atoms with E-state index in [0.29, 0.717) is 28.6 Å². The quantitative estimate of drug-likeness (QED) is 0.247. The average molecular weight is 588 g/mol. The monoisotopic (exact) mass is 586 g/mol. The molecule has 0 aliphatic rings. The highest BCUT2D eigenvalue weighted by Gasteiger charge is 2.12. The third kappa shape index (κ3) is 9.22. The molecule has 194 valence electrons. The van der Waals surface area contributed by atoms with Crippen LogP contribution in [0.2, 0.25) is 5.02 Å². The summed E-state index contributed by atoms with van der Waals surface area (Å²) < 4.78 is 11.6. The number of carbonyl (C=O) groups excluding carboxylic acids is 3. The predicted molar refractivity (Wildman–Crippen MR) is 148 cm³/mol. The van der Waals surface area contributed by atoms with Crippen LogP contribution in [-0.4, -0.2) is 24.4 Å². The lowest BCUT2D eigenvalue weighted by molar-refractivity contribution is -0.147. The fourth-order valence-corrected chi connectivity index (χ4v) is 4.16. The number of esters is 1. The summed E-state index contributed by atoms with van der Waals surface area (Å²) >= 11 is 9.37. The van der Waals surface area contributed by atoms with Crippen LogP contribution in [0.25, 0.3) is 0 Å². The molecule has 0 saturated carbocycles. The van der Waals surface area contributed by atoms with Crippen LogP contribution in [0, 0.1) is 20.8 Å². The van der Waals surface area contributed by atoms with Crippen LogP contribution >= 0.6 is 27.5 Å². The number of anilines is 2. The minimum Gasteiger partial charge on any atom is -0.457 e. The molecule has 0 unspecified atom stereocenters. The van der Waals surface area contributed by atoms with Crippen molar-refractivity contribution in [3.05, 3.63) is 80.8 Å². The van der Waals surface area contributed by atoms with Gasteiger partial charge in [0, 0.05) is 28.7 Å². The Morgan fingerprint density at radius 1 is 0.838 bits per heavy atom. The molecule has 3 aromatic carbocycles. The predicted octanol–water partition coefficient (Wildman–Crippen LogP) is 7.11. The van der Waals surface area contributed by atoms with Crippen LogP contribution in [0.15, 0.2) is 59.1 Å². The van der Waals surface area contributed by atoms with E-state index in [4.69, 9.17) is 21.1 Å². The van der Waals surface area contributed by atoms with E-state index in [1.807, 2.05) is 32.9 Å². The smallest absolute Gasteiger partial charge is 0.306 e. The van der Waals surface area contributed by atoms with Crippen LogP contribution in [0.5, 0.6) is 11.5 Å². The number of carbonyl (C=O) groups is 3. The third-order valence-electron chi connectivity index (χ3n) is 5.26. The second-order valence-electron chi connectivity index (χ2n) is 8.64. The molecule has 0 saturated heterocycles. The second-order valence-corrected chi connectivity index (χ2v) is 9.90. The van der Waals surface area contributed by atoms with E-state index in [1.54, 1.807) is 36.4 Å². The Labute approximate surface area is 229 Å². The molecule has 0 aliphatic carbocycles. The van der Waals surface area contributed by atoms with Gasteiger partial charge in [-0.05, 0) is 108 Å². The summed E-state index contributed by atoms with van der Waals surface area (Å²) in [6.45, 7) is 5.42. The first kappa shape index (κ1) is 28.2. The van der Waals surface area contributed by atoms with Gasteiger partial charge in [-0.25, -0.2) is 0 Å². The number of benzene rings is 3. The molecule has 0 aromatic heterocycles. The molecular formula is C28H28BrClN2O5. The van der Waals surface area contributed by atoms with Crippen molar-refractivity contribution in [2.24, 2.45) is 0 Å². The van der Waals surface area contributed by atoms with Crippen molar-refractivity contribution >= 4 is 56.7 Å². The van der Waals surface area contributed by atoms with Crippen molar-refractivity contribution in [1.82, 2.24) is 0 Å². The van der Waals surface area contributed by atoms with Gasteiger partial charge < -0.3 is 20.1 Å². The standard InChI is InChI=1S/C28H28BrClN2O5/c1-17-11-18(2)13-22(12-17)37-21-9-7-20(8-10-21)31-26(33)5-4-6-28(35)36-16-27(34)32-25-15-24(30)23(29)14-19(25)3/h7-15H,4-6,16H2,1-3H3,(H,31,33)(H,32,34). The maximum atomic E-state index is 12.2. The highest BCUT2D eigenvalue weighted by molar-refractivity contribution is 9.10. The fourth-order valence-electron chi connectivity index (χ4n) is 3.54. The van der Waals surface area contributed by atoms with E-state index in [0.717, 1.165) is 26.9 Å². The third-order valence-corrected chi connectivity index (χ3v) is 6.46. The van der Waals surface area contributed by atoms with Gasteiger partial charge in [-0.15, -0.1) is 0 Å². The van der Waals surface area contributed by atoms with Crippen LogP contribution in [0.3, 0.4) is 0 Å². The van der Waals surface area contributed by atoms with Gasteiger partial charge in [0.1, 0.15) is 11.5 Å². The summed E-state index contributed by atoms with van der Waals surface area (Å²) in [6, 6.07) is 16.4. The number of rotatable bonds is 10. The molecule has 7 nitrogen and oxygen atoms in total. The summed E-state index contributed by atoms with van der Waals surface area (Å²) in [5.74, 6) is 0.162. The highest BCUT2D eigenvalue weighted by Crippen LogP contribution is 2.29. The topological polar surface area (TPSA) is 93.7 Å². The summed E-state index contributed by atoms with van der Waals surface area (Å²) in [6.07, 6.45) is 0.451. The number of nitrogens with one attached hydrogen (secondary N) is 2. The Kier molecular flexibility index (Phi) is 10.1. The Morgan fingerprint density at radius 3 is 2.19 bits per heavy atom. The van der Waals surface area contributed by atoms with Crippen molar-refractivity contribution in [2.45, 2.75) is 40.0 Å². The molecule has 2 N–H and O–H groups in total. The van der Waals surface area contributed by atoms with E-state index in [2.05, 4.69) is 32.6 Å². The zero-order valence-electron chi connectivity index (χ0n) is 20.8. The van der Waals surface area contributed by atoms with Crippen molar-refractivity contribution in [3.63, 3.8) is 0 Å². The fraction of sp³-hybridized carbons (Fsp3) is 0.250. The van der Waals surface area contributed by atoms with Crippen LogP contribution < -0.4 is 15.4 Å². The van der Waals surface area contributed by atoms with Gasteiger partial charge in [-0.3, -0.25) is 14.4 Å². The minimum absolute atomic E-state index is 0.0204. The molecule has 3 aromatic rings. The van der Waals surface area contributed by atoms with Gasteiger partial charge in [-0.2, -0.15) is 0 Å². The van der Waals surface area contributed by atoms with E-state index >= 15 is 0 Å². The Balaban J connectivity index is 1.36. The summed E-state index contributed by atoms with van der Waals surface area (Å²) in [5, 5.41) is 5.91. The number of hydrogen-bond donors (Lipinski definition) is 2. The number of hydrogen-bond acceptors (Lipinski definition) is 5. The maximum absolute atomic E-state index is 12.2. The molecule has 0 fully saturated rings. The molecule has 0 aliphatic heterocycles. The van der Waals surface area contributed by atoms with Gasteiger partial charge in [0.05, 0.1) is 5.02 Å². The molecule has 0 radical (unpaired) electrons. The maximum Gasteiger partial charge on any atom is 0.306 e. The zero-order chi connectivity index (χ0) is 26.9. The summed E-state index contributed by atoms with van der Waals surface area (Å²) in [4.78, 5) is 36.3. The minimum atomic E-state index is -0.554. The van der Waals surface area contributed by atoms with Gasteiger partial charge in [0.2, 0.25) is 5.91 Å². The zero-order valence-corrected chi connectivity index (χ0v) is 23.2. The first-order valence-corrected chi connectivity index (χ1v) is 12.8. The summed E-state index contributed by atoms with van der Waals surface area (Å²) in [5.41, 5.74) is 4.21. The molecule has 0 heterocycles. The van der Waals surface area contributed by atoms with Gasteiger partial charge >= 0.3 is 5.97 Å². The van der Waals surface area contributed by atoms with Crippen molar-refractivity contribution < 1.29 is 23.9 Å². The number of aryl methyl sites for hydroxylation is 3. The Bertz CT molecular complexity index is 1270. The first-order chi connectivity index (χ1) is 17.6. The Hall–Kier alpha value is -3.36. The van der Waals surface area contributed by atoms with E-state index in [-0.39, 0.29) is 18.7 Å². The van der Waals surface area contributed by atoms with Gasteiger partial charge in [0.25, 0.3) is 5.91 Å². The van der Waals surface area contributed by atoms with Gasteiger partial charge in [0.15, 0.2) is 6.61 Å². The normalized spacial score (nSPS) is 10.5. The molecule has 2 amide bonds. The van der Waals surface area contributed by atoms with Crippen molar-refractivity contribution in [3.8, 4) is 11.5 Å². The molecular weight excluding hydrogens is 560 g/mol. The van der Waals surface area contributed by atoms with Gasteiger partial charge in [-0.1, -0.05) is 17.7 Å². The van der Waals surface area contributed by atoms with E-state index in [1.165, 1.54) is 0 Å².